The highest BCUT2D eigenvalue weighted by Gasteiger charge is 2.25. The van der Waals surface area contributed by atoms with E-state index in [0.717, 1.165) is 12.8 Å². The number of rotatable bonds is 3. The molecule has 1 aliphatic heterocycles. The van der Waals surface area contributed by atoms with Crippen molar-refractivity contribution in [3.63, 3.8) is 0 Å². The molecule has 2 heterocycles. The molecule has 2 N–H and O–H groups in total. The van der Waals surface area contributed by atoms with Crippen molar-refractivity contribution in [1.82, 2.24) is 9.88 Å². The molecule has 0 saturated carbocycles. The zero-order valence-electron chi connectivity index (χ0n) is 11.2. The Labute approximate surface area is 112 Å². The predicted octanol–water partition coefficient (Wildman–Crippen LogP) is 2.46. The highest BCUT2D eigenvalue weighted by atomic mass is 19.1. The summed E-state index contributed by atoms with van der Waals surface area (Å²) in [5.41, 5.74) is 5.42. The lowest BCUT2D eigenvalue weighted by Crippen LogP contribution is -2.38. The Morgan fingerprint density at radius 3 is 2.84 bits per heavy atom. The summed E-state index contributed by atoms with van der Waals surface area (Å²) in [5.74, 6) is -0.502. The molecule has 0 unspecified atom stereocenters. The van der Waals surface area contributed by atoms with Crippen molar-refractivity contribution in [2.24, 2.45) is 5.92 Å². The van der Waals surface area contributed by atoms with E-state index in [9.17, 15) is 9.18 Å². The molecule has 19 heavy (non-hydrogen) atoms. The first-order chi connectivity index (χ1) is 9.13. The standard InChI is InChI=1S/C14H20FN3O/c1-2-3-10-5-8-18(9-6-10)14(19)11-4-7-17-13(16)12(11)15/h4,7,10H,2-3,5-6,8-9H2,1H3,(H2,16,17). The van der Waals surface area contributed by atoms with Crippen LogP contribution in [-0.2, 0) is 0 Å². The van der Waals surface area contributed by atoms with Crippen LogP contribution in [0.5, 0.6) is 0 Å². The summed E-state index contributed by atoms with van der Waals surface area (Å²) in [5, 5.41) is 0. The lowest BCUT2D eigenvalue weighted by molar-refractivity contribution is 0.0682. The molecule has 4 nitrogen and oxygen atoms in total. The molecular formula is C14H20FN3O. The number of nitrogen functional groups attached to an aromatic ring is 1. The number of anilines is 1. The van der Waals surface area contributed by atoms with Crippen LogP contribution in [0.4, 0.5) is 10.2 Å². The molecule has 1 aromatic rings. The van der Waals surface area contributed by atoms with Crippen LogP contribution in [0, 0.1) is 11.7 Å². The van der Waals surface area contributed by atoms with Gasteiger partial charge in [-0.25, -0.2) is 9.37 Å². The van der Waals surface area contributed by atoms with Gasteiger partial charge in [0.1, 0.15) is 0 Å². The van der Waals surface area contributed by atoms with E-state index in [1.165, 1.54) is 25.1 Å². The van der Waals surface area contributed by atoms with Crippen molar-refractivity contribution in [2.75, 3.05) is 18.8 Å². The molecule has 1 amide bonds. The largest absolute Gasteiger partial charge is 0.381 e. The fraction of sp³-hybridized carbons (Fsp3) is 0.571. The first-order valence-corrected chi connectivity index (χ1v) is 6.82. The van der Waals surface area contributed by atoms with E-state index in [-0.39, 0.29) is 17.3 Å². The van der Waals surface area contributed by atoms with E-state index >= 15 is 0 Å². The van der Waals surface area contributed by atoms with Crippen molar-refractivity contribution >= 4 is 11.7 Å². The number of aromatic nitrogens is 1. The van der Waals surface area contributed by atoms with Crippen LogP contribution in [0.3, 0.4) is 0 Å². The minimum atomic E-state index is -0.705. The summed E-state index contributed by atoms with van der Waals surface area (Å²) < 4.78 is 13.8. The van der Waals surface area contributed by atoms with Gasteiger partial charge in [-0.05, 0) is 24.8 Å². The fourth-order valence-corrected chi connectivity index (χ4v) is 2.63. The minimum Gasteiger partial charge on any atom is -0.381 e. The quantitative estimate of drug-likeness (QED) is 0.913. The summed E-state index contributed by atoms with van der Waals surface area (Å²) in [6, 6.07) is 1.39. The molecule has 0 spiro atoms. The smallest absolute Gasteiger partial charge is 0.257 e. The van der Waals surface area contributed by atoms with Gasteiger partial charge in [0.2, 0.25) is 0 Å². The van der Waals surface area contributed by atoms with Crippen LogP contribution in [0.2, 0.25) is 0 Å². The van der Waals surface area contributed by atoms with Gasteiger partial charge in [-0.15, -0.1) is 0 Å². The molecule has 1 aliphatic rings. The molecule has 0 aromatic carbocycles. The number of nitrogens with two attached hydrogens (primary N) is 1. The highest BCUT2D eigenvalue weighted by Crippen LogP contribution is 2.23. The fourth-order valence-electron chi connectivity index (χ4n) is 2.63. The van der Waals surface area contributed by atoms with E-state index in [1.807, 2.05) is 0 Å². The van der Waals surface area contributed by atoms with Crippen molar-refractivity contribution in [1.29, 1.82) is 0 Å². The van der Waals surface area contributed by atoms with Gasteiger partial charge in [0, 0.05) is 19.3 Å². The van der Waals surface area contributed by atoms with Crippen LogP contribution in [0.25, 0.3) is 0 Å². The van der Waals surface area contributed by atoms with Crippen molar-refractivity contribution < 1.29 is 9.18 Å². The number of amides is 1. The molecule has 5 heteroatoms. The Balaban J connectivity index is 2.03. The summed E-state index contributed by atoms with van der Waals surface area (Å²) in [4.78, 5) is 17.6. The van der Waals surface area contributed by atoms with Gasteiger partial charge >= 0.3 is 0 Å². The SMILES string of the molecule is CCCC1CCN(C(=O)c2ccnc(N)c2F)CC1. The normalized spacial score (nSPS) is 16.6. The van der Waals surface area contributed by atoms with E-state index in [0.29, 0.717) is 19.0 Å². The van der Waals surface area contributed by atoms with E-state index < -0.39 is 5.82 Å². The second-order valence-electron chi connectivity index (χ2n) is 5.08. The molecule has 0 atom stereocenters. The molecule has 1 fully saturated rings. The highest BCUT2D eigenvalue weighted by molar-refractivity contribution is 5.95. The number of carbonyl (C=O) groups excluding carboxylic acids is 1. The molecule has 0 aliphatic carbocycles. The maximum absolute atomic E-state index is 13.8. The lowest BCUT2D eigenvalue weighted by atomic mass is 9.92. The van der Waals surface area contributed by atoms with Gasteiger partial charge in [-0.2, -0.15) is 0 Å². The van der Waals surface area contributed by atoms with Gasteiger partial charge in [0.25, 0.3) is 5.91 Å². The molecule has 1 aromatic heterocycles. The zero-order valence-corrected chi connectivity index (χ0v) is 11.2. The monoisotopic (exact) mass is 265 g/mol. The van der Waals surface area contributed by atoms with Gasteiger partial charge in [-0.3, -0.25) is 4.79 Å². The molecule has 0 radical (unpaired) electrons. The zero-order chi connectivity index (χ0) is 13.8. The Morgan fingerprint density at radius 2 is 2.21 bits per heavy atom. The number of hydrogen-bond donors (Lipinski definition) is 1. The van der Waals surface area contributed by atoms with Crippen LogP contribution >= 0.6 is 0 Å². The van der Waals surface area contributed by atoms with Gasteiger partial charge in [-0.1, -0.05) is 19.8 Å². The van der Waals surface area contributed by atoms with Gasteiger partial charge in [0.15, 0.2) is 11.6 Å². The average Bonchev–Trinajstić information content (AvgIpc) is 2.42. The third kappa shape index (κ3) is 3.03. The number of hydrogen-bond acceptors (Lipinski definition) is 3. The Kier molecular flexibility index (Phi) is 4.35. The number of carbonyl (C=O) groups is 1. The van der Waals surface area contributed by atoms with Crippen molar-refractivity contribution in [2.45, 2.75) is 32.6 Å². The lowest BCUT2D eigenvalue weighted by Gasteiger charge is -2.32. The number of likely N-dealkylation sites (tertiary alicyclic amines) is 1. The van der Waals surface area contributed by atoms with Crippen molar-refractivity contribution in [3.8, 4) is 0 Å². The van der Waals surface area contributed by atoms with Crippen molar-refractivity contribution in [3.05, 3.63) is 23.6 Å². The third-order valence-corrected chi connectivity index (χ3v) is 3.75. The summed E-state index contributed by atoms with van der Waals surface area (Å²) >= 11 is 0. The molecule has 104 valence electrons. The predicted molar refractivity (Wildman–Crippen MR) is 72.1 cm³/mol. The first-order valence-electron chi connectivity index (χ1n) is 6.82. The summed E-state index contributed by atoms with van der Waals surface area (Å²) in [6.07, 6.45) is 5.76. The maximum Gasteiger partial charge on any atom is 0.257 e. The Morgan fingerprint density at radius 1 is 1.53 bits per heavy atom. The third-order valence-electron chi connectivity index (χ3n) is 3.75. The average molecular weight is 265 g/mol. The molecule has 1 saturated heterocycles. The Hall–Kier alpha value is -1.65. The number of piperidine rings is 1. The van der Waals surface area contributed by atoms with Crippen LogP contribution in [-0.4, -0.2) is 28.9 Å². The number of halogens is 1. The maximum atomic E-state index is 13.8. The summed E-state index contributed by atoms with van der Waals surface area (Å²) in [7, 11) is 0. The topological polar surface area (TPSA) is 59.2 Å². The second-order valence-corrected chi connectivity index (χ2v) is 5.08. The van der Waals surface area contributed by atoms with Gasteiger partial charge in [0.05, 0.1) is 5.56 Å². The number of pyridine rings is 1. The molecule has 0 bridgehead atoms. The Bertz CT molecular complexity index is 456. The molecule has 2 rings (SSSR count). The van der Waals surface area contributed by atoms with Crippen LogP contribution < -0.4 is 5.73 Å². The first kappa shape index (κ1) is 13.8. The van der Waals surface area contributed by atoms with E-state index in [2.05, 4.69) is 11.9 Å². The van der Waals surface area contributed by atoms with E-state index in [4.69, 9.17) is 5.73 Å². The summed E-state index contributed by atoms with van der Waals surface area (Å²) in [6.45, 7) is 3.57. The number of nitrogens with zero attached hydrogens (tertiary/aromatic N) is 2. The van der Waals surface area contributed by atoms with Crippen LogP contribution in [0.15, 0.2) is 12.3 Å². The van der Waals surface area contributed by atoms with Crippen LogP contribution in [0.1, 0.15) is 43.0 Å². The minimum absolute atomic E-state index is 0.0291. The second kappa shape index (κ2) is 5.99. The molecular weight excluding hydrogens is 245 g/mol. The van der Waals surface area contributed by atoms with E-state index in [1.54, 1.807) is 4.90 Å². The van der Waals surface area contributed by atoms with Gasteiger partial charge < -0.3 is 10.6 Å².